The molecule has 1 fully saturated rings. The first kappa shape index (κ1) is 20.0. The van der Waals surface area contributed by atoms with Crippen molar-refractivity contribution >= 4 is 23.2 Å². The lowest BCUT2D eigenvalue weighted by Crippen LogP contribution is -2.48. The van der Waals surface area contributed by atoms with Gasteiger partial charge in [0.25, 0.3) is 0 Å². The van der Waals surface area contributed by atoms with Crippen LogP contribution in [0.1, 0.15) is 18.1 Å². The van der Waals surface area contributed by atoms with Crippen molar-refractivity contribution in [2.45, 2.75) is 20.4 Å². The predicted molar refractivity (Wildman–Crippen MR) is 110 cm³/mol. The number of amides is 2. The van der Waals surface area contributed by atoms with E-state index < -0.39 is 0 Å². The van der Waals surface area contributed by atoms with Crippen molar-refractivity contribution < 1.29 is 9.59 Å². The third-order valence-electron chi connectivity index (χ3n) is 4.84. The summed E-state index contributed by atoms with van der Waals surface area (Å²) in [5.41, 5.74) is 3.87. The van der Waals surface area contributed by atoms with Crippen LogP contribution in [0.25, 0.3) is 0 Å². The molecule has 2 N–H and O–H groups in total. The number of hydrogen-bond donors (Lipinski definition) is 2. The molecule has 2 heterocycles. The van der Waals surface area contributed by atoms with Crippen molar-refractivity contribution in [2.75, 3.05) is 43.4 Å². The highest BCUT2D eigenvalue weighted by Gasteiger charge is 2.19. The Bertz CT molecular complexity index is 831. The summed E-state index contributed by atoms with van der Waals surface area (Å²) in [6.45, 7) is 8.41. The van der Waals surface area contributed by atoms with Crippen LogP contribution in [0.3, 0.4) is 0 Å². The van der Waals surface area contributed by atoms with E-state index in [9.17, 15) is 9.59 Å². The zero-order valence-electron chi connectivity index (χ0n) is 16.4. The summed E-state index contributed by atoms with van der Waals surface area (Å²) in [6.07, 6.45) is 3.76. The van der Waals surface area contributed by atoms with Crippen molar-refractivity contribution in [3.05, 3.63) is 53.9 Å². The number of benzene rings is 1. The zero-order chi connectivity index (χ0) is 19.9. The highest BCUT2D eigenvalue weighted by Crippen LogP contribution is 2.15. The standard InChI is InChI=1S/C21H27N5O2/c1-16-6-7-22-13-18(16)14-25-8-10-26(11-9-25)15-21(28)24-20-5-3-4-19(12-20)23-17(2)27/h3-7,12-13H,8-11,14-15H2,1-2H3,(H,23,27)(H,24,28). The zero-order valence-corrected chi connectivity index (χ0v) is 16.4. The van der Waals surface area contributed by atoms with Crippen LogP contribution >= 0.6 is 0 Å². The molecule has 0 bridgehead atoms. The average Bonchev–Trinajstić information content (AvgIpc) is 2.65. The molecule has 2 aromatic rings. The Morgan fingerprint density at radius 3 is 2.39 bits per heavy atom. The summed E-state index contributed by atoms with van der Waals surface area (Å²) in [5.74, 6) is -0.181. The lowest BCUT2D eigenvalue weighted by atomic mass is 10.1. The minimum absolute atomic E-state index is 0.0449. The van der Waals surface area contributed by atoms with E-state index in [4.69, 9.17) is 0 Å². The van der Waals surface area contributed by atoms with Gasteiger partial charge >= 0.3 is 0 Å². The largest absolute Gasteiger partial charge is 0.326 e. The van der Waals surface area contributed by atoms with Crippen LogP contribution in [0.15, 0.2) is 42.7 Å². The second-order valence-corrected chi connectivity index (χ2v) is 7.16. The van der Waals surface area contributed by atoms with Gasteiger partial charge in [-0.1, -0.05) is 6.07 Å². The number of nitrogens with zero attached hydrogens (tertiary/aromatic N) is 3. The third kappa shape index (κ3) is 5.87. The molecule has 1 aliphatic heterocycles. The van der Waals surface area contributed by atoms with Crippen LogP contribution in [0.2, 0.25) is 0 Å². The Morgan fingerprint density at radius 2 is 1.71 bits per heavy atom. The second-order valence-electron chi connectivity index (χ2n) is 7.16. The highest BCUT2D eigenvalue weighted by atomic mass is 16.2. The number of aryl methyl sites for hydroxylation is 1. The van der Waals surface area contributed by atoms with E-state index in [2.05, 4.69) is 32.3 Å². The number of anilines is 2. The monoisotopic (exact) mass is 381 g/mol. The van der Waals surface area contributed by atoms with Gasteiger partial charge in [0.15, 0.2) is 0 Å². The van der Waals surface area contributed by atoms with E-state index in [-0.39, 0.29) is 11.8 Å². The number of pyridine rings is 1. The molecule has 28 heavy (non-hydrogen) atoms. The average molecular weight is 381 g/mol. The molecule has 0 radical (unpaired) electrons. The number of nitrogens with one attached hydrogen (secondary N) is 2. The van der Waals surface area contributed by atoms with Crippen LogP contribution in [0, 0.1) is 6.92 Å². The highest BCUT2D eigenvalue weighted by molar-refractivity contribution is 5.94. The first-order chi connectivity index (χ1) is 13.5. The molecule has 148 valence electrons. The Kier molecular flexibility index (Phi) is 6.73. The molecule has 2 amide bonds. The van der Waals surface area contributed by atoms with Crippen LogP contribution in [-0.2, 0) is 16.1 Å². The minimum Gasteiger partial charge on any atom is -0.326 e. The van der Waals surface area contributed by atoms with Crippen molar-refractivity contribution in [3.8, 4) is 0 Å². The summed E-state index contributed by atoms with van der Waals surface area (Å²) >= 11 is 0. The van der Waals surface area contributed by atoms with Crippen molar-refractivity contribution in [3.63, 3.8) is 0 Å². The van der Waals surface area contributed by atoms with Gasteiger partial charge in [-0.05, 0) is 42.3 Å². The first-order valence-corrected chi connectivity index (χ1v) is 9.51. The van der Waals surface area contributed by atoms with Gasteiger partial charge < -0.3 is 10.6 Å². The molecule has 7 nitrogen and oxygen atoms in total. The molecular weight excluding hydrogens is 354 g/mol. The summed E-state index contributed by atoms with van der Waals surface area (Å²) < 4.78 is 0. The van der Waals surface area contributed by atoms with Crippen LogP contribution in [0.5, 0.6) is 0 Å². The number of piperazine rings is 1. The summed E-state index contributed by atoms with van der Waals surface area (Å²) in [5, 5.41) is 5.63. The van der Waals surface area contributed by atoms with Crippen molar-refractivity contribution in [2.24, 2.45) is 0 Å². The molecule has 1 aromatic carbocycles. The smallest absolute Gasteiger partial charge is 0.238 e. The summed E-state index contributed by atoms with van der Waals surface area (Å²) in [6, 6.07) is 9.21. The number of carbonyl (C=O) groups excluding carboxylic acids is 2. The molecule has 3 rings (SSSR count). The summed E-state index contributed by atoms with van der Waals surface area (Å²) in [7, 11) is 0. The molecule has 0 unspecified atom stereocenters. The number of rotatable bonds is 6. The van der Waals surface area contributed by atoms with E-state index in [1.165, 1.54) is 18.1 Å². The van der Waals surface area contributed by atoms with E-state index in [1.807, 2.05) is 24.5 Å². The van der Waals surface area contributed by atoms with Gasteiger partial charge in [0.05, 0.1) is 6.54 Å². The SMILES string of the molecule is CC(=O)Nc1cccc(NC(=O)CN2CCN(Cc3cnccc3C)CC2)c1. The third-order valence-corrected chi connectivity index (χ3v) is 4.84. The molecule has 0 saturated carbocycles. The van der Waals surface area contributed by atoms with Gasteiger partial charge in [0.2, 0.25) is 11.8 Å². The number of aromatic nitrogens is 1. The number of carbonyl (C=O) groups is 2. The maximum absolute atomic E-state index is 12.4. The maximum atomic E-state index is 12.4. The normalized spacial score (nSPS) is 15.2. The molecule has 0 spiro atoms. The van der Waals surface area contributed by atoms with Crippen molar-refractivity contribution in [1.29, 1.82) is 0 Å². The molecule has 7 heteroatoms. The maximum Gasteiger partial charge on any atom is 0.238 e. The van der Waals surface area contributed by atoms with Gasteiger partial charge in [-0.25, -0.2) is 0 Å². The molecule has 0 atom stereocenters. The molecule has 1 saturated heterocycles. The Hall–Kier alpha value is -2.77. The van der Waals surface area contributed by atoms with E-state index >= 15 is 0 Å². The van der Waals surface area contributed by atoms with E-state index in [1.54, 1.807) is 18.2 Å². The van der Waals surface area contributed by atoms with E-state index in [0.717, 1.165) is 32.7 Å². The van der Waals surface area contributed by atoms with Crippen LogP contribution in [0.4, 0.5) is 11.4 Å². The molecule has 1 aliphatic rings. The van der Waals surface area contributed by atoms with Crippen LogP contribution < -0.4 is 10.6 Å². The fourth-order valence-corrected chi connectivity index (χ4v) is 3.29. The second kappa shape index (κ2) is 9.43. The summed E-state index contributed by atoms with van der Waals surface area (Å²) in [4.78, 5) is 32.3. The Labute approximate surface area is 165 Å². The first-order valence-electron chi connectivity index (χ1n) is 9.51. The van der Waals surface area contributed by atoms with Crippen molar-refractivity contribution in [1.82, 2.24) is 14.8 Å². The Balaban J connectivity index is 1.45. The van der Waals surface area contributed by atoms with Gasteiger partial charge in [-0.15, -0.1) is 0 Å². The van der Waals surface area contributed by atoms with Gasteiger partial charge in [0, 0.05) is 63.4 Å². The molecule has 1 aromatic heterocycles. The van der Waals surface area contributed by atoms with Gasteiger partial charge in [0.1, 0.15) is 0 Å². The van der Waals surface area contributed by atoms with E-state index in [0.29, 0.717) is 17.9 Å². The van der Waals surface area contributed by atoms with Gasteiger partial charge in [-0.3, -0.25) is 24.4 Å². The lowest BCUT2D eigenvalue weighted by Gasteiger charge is -2.34. The molecule has 0 aliphatic carbocycles. The quantitative estimate of drug-likeness (QED) is 0.801. The fourth-order valence-electron chi connectivity index (χ4n) is 3.29. The topological polar surface area (TPSA) is 77.6 Å². The lowest BCUT2D eigenvalue weighted by molar-refractivity contribution is -0.117. The fraction of sp³-hybridized carbons (Fsp3) is 0.381. The predicted octanol–water partition coefficient (Wildman–Crippen LogP) is 2.10. The van der Waals surface area contributed by atoms with Gasteiger partial charge in [-0.2, -0.15) is 0 Å². The van der Waals surface area contributed by atoms with Crippen LogP contribution in [-0.4, -0.2) is 59.3 Å². The molecular formula is C21H27N5O2. The minimum atomic E-state index is -0.136. The Morgan fingerprint density at radius 1 is 1.04 bits per heavy atom. The number of hydrogen-bond acceptors (Lipinski definition) is 5.